The molecule has 0 spiro atoms. The first kappa shape index (κ1) is 26.8. The van der Waals surface area contributed by atoms with E-state index in [0.29, 0.717) is 17.0 Å². The largest absolute Gasteiger partial charge is 0.487 e. The SMILES string of the molecule is Cc1cc(C)cc(N2C(=O)NC(=O)/C(=C\c3cc(I)c(OCc4ccc(C(=O)O)cc4)c(I)c3)C2=O)c1. The maximum Gasteiger partial charge on any atom is 0.335 e. The molecule has 10 heteroatoms. The van der Waals surface area contributed by atoms with Crippen molar-refractivity contribution >= 4 is 80.8 Å². The van der Waals surface area contributed by atoms with Crippen LogP contribution in [0.25, 0.3) is 6.08 Å². The topological polar surface area (TPSA) is 113 Å². The summed E-state index contributed by atoms with van der Waals surface area (Å²) < 4.78 is 7.48. The Morgan fingerprint density at radius 3 is 2.14 bits per heavy atom. The van der Waals surface area contributed by atoms with Crippen LogP contribution >= 0.6 is 45.2 Å². The minimum Gasteiger partial charge on any atom is -0.487 e. The van der Waals surface area contributed by atoms with Crippen molar-refractivity contribution in [2.75, 3.05) is 4.90 Å². The number of urea groups is 1. The molecule has 0 saturated carbocycles. The number of anilines is 1. The summed E-state index contributed by atoms with van der Waals surface area (Å²) in [5.41, 5.74) is 3.61. The first-order valence-electron chi connectivity index (χ1n) is 11.0. The first-order chi connectivity index (χ1) is 17.5. The second-order valence-electron chi connectivity index (χ2n) is 8.41. The predicted octanol–water partition coefficient (Wildman–Crippen LogP) is 5.46. The van der Waals surface area contributed by atoms with Crippen molar-refractivity contribution in [2.45, 2.75) is 20.5 Å². The van der Waals surface area contributed by atoms with Gasteiger partial charge in [-0.2, -0.15) is 0 Å². The van der Waals surface area contributed by atoms with Gasteiger partial charge in [0.15, 0.2) is 0 Å². The number of halogens is 2. The van der Waals surface area contributed by atoms with Crippen molar-refractivity contribution in [3.05, 3.63) is 95.1 Å². The highest BCUT2D eigenvalue weighted by Gasteiger charge is 2.37. The average molecular weight is 722 g/mol. The molecule has 3 aromatic carbocycles. The number of carboxylic acids is 1. The van der Waals surface area contributed by atoms with Gasteiger partial charge < -0.3 is 9.84 Å². The van der Waals surface area contributed by atoms with Crippen molar-refractivity contribution in [2.24, 2.45) is 0 Å². The number of hydrogen-bond acceptors (Lipinski definition) is 5. The number of carboxylic acid groups (broad SMARTS) is 1. The summed E-state index contributed by atoms with van der Waals surface area (Å²) in [6.07, 6.45) is 1.46. The van der Waals surface area contributed by atoms with Crippen molar-refractivity contribution in [3.8, 4) is 5.75 Å². The van der Waals surface area contributed by atoms with E-state index in [1.165, 1.54) is 18.2 Å². The maximum absolute atomic E-state index is 13.2. The lowest BCUT2D eigenvalue weighted by Crippen LogP contribution is -2.54. The van der Waals surface area contributed by atoms with Gasteiger partial charge in [0.05, 0.1) is 18.4 Å². The summed E-state index contributed by atoms with van der Waals surface area (Å²) in [5.74, 6) is -1.83. The van der Waals surface area contributed by atoms with Gasteiger partial charge in [-0.15, -0.1) is 0 Å². The molecule has 0 bridgehead atoms. The number of carbonyl (C=O) groups is 4. The predicted molar refractivity (Wildman–Crippen MR) is 155 cm³/mol. The first-order valence-corrected chi connectivity index (χ1v) is 13.1. The van der Waals surface area contributed by atoms with Crippen LogP contribution in [0, 0.1) is 21.0 Å². The minimum absolute atomic E-state index is 0.155. The lowest BCUT2D eigenvalue weighted by Gasteiger charge is -2.27. The zero-order chi connectivity index (χ0) is 26.9. The molecule has 4 rings (SSSR count). The minimum atomic E-state index is -0.993. The smallest absolute Gasteiger partial charge is 0.335 e. The molecule has 0 radical (unpaired) electrons. The number of imide groups is 2. The second kappa shape index (κ2) is 11.0. The van der Waals surface area contributed by atoms with Crippen molar-refractivity contribution in [3.63, 3.8) is 0 Å². The van der Waals surface area contributed by atoms with Gasteiger partial charge in [-0.1, -0.05) is 18.2 Å². The molecule has 1 heterocycles. The molecule has 37 heavy (non-hydrogen) atoms. The molecular weight excluding hydrogens is 702 g/mol. The summed E-state index contributed by atoms with van der Waals surface area (Å²) in [7, 11) is 0. The number of hydrogen-bond donors (Lipinski definition) is 2. The number of nitrogens with zero attached hydrogens (tertiary/aromatic N) is 1. The lowest BCUT2D eigenvalue weighted by atomic mass is 10.1. The number of aromatic carboxylic acids is 1. The van der Waals surface area contributed by atoms with Crippen LogP contribution in [0.1, 0.15) is 32.6 Å². The molecule has 1 fully saturated rings. The van der Waals surface area contributed by atoms with E-state index in [0.717, 1.165) is 28.7 Å². The van der Waals surface area contributed by atoms with Gasteiger partial charge in [0.25, 0.3) is 11.8 Å². The summed E-state index contributed by atoms with van der Waals surface area (Å²) in [5, 5.41) is 11.3. The van der Waals surface area contributed by atoms with Crippen LogP contribution in [0.5, 0.6) is 5.75 Å². The third kappa shape index (κ3) is 6.01. The number of rotatable bonds is 6. The quantitative estimate of drug-likeness (QED) is 0.199. The molecule has 1 aliphatic heterocycles. The van der Waals surface area contributed by atoms with Gasteiger partial charge in [0, 0.05) is 0 Å². The van der Waals surface area contributed by atoms with Gasteiger partial charge in [-0.3, -0.25) is 14.9 Å². The normalized spacial score (nSPS) is 14.6. The Balaban J connectivity index is 1.59. The van der Waals surface area contributed by atoms with Crippen molar-refractivity contribution in [1.82, 2.24) is 5.32 Å². The van der Waals surface area contributed by atoms with Crippen LogP contribution in [0.4, 0.5) is 10.5 Å². The van der Waals surface area contributed by atoms with Crippen molar-refractivity contribution < 1.29 is 29.0 Å². The number of aryl methyl sites for hydroxylation is 2. The van der Waals surface area contributed by atoms with Crippen LogP contribution in [-0.4, -0.2) is 28.9 Å². The number of benzene rings is 3. The standard InChI is InChI=1S/C27H20I2N2O6/c1-14-7-15(2)9-19(8-14)31-25(33)20(24(32)30-27(31)36)10-17-11-21(28)23(22(29)12-17)37-13-16-3-5-18(6-4-16)26(34)35/h3-12H,13H2,1-2H3,(H,34,35)(H,30,32,36)/b20-10+. The van der Waals surface area contributed by atoms with Crippen LogP contribution in [0.15, 0.2) is 60.2 Å². The van der Waals surface area contributed by atoms with Gasteiger partial charge in [0.1, 0.15) is 17.9 Å². The summed E-state index contributed by atoms with van der Waals surface area (Å²) in [6.45, 7) is 3.97. The van der Waals surface area contributed by atoms with E-state index in [1.807, 2.05) is 19.9 Å². The maximum atomic E-state index is 13.2. The number of amides is 4. The van der Waals surface area contributed by atoms with E-state index in [2.05, 4.69) is 50.5 Å². The Kier molecular flexibility index (Phi) is 7.97. The zero-order valence-corrected chi connectivity index (χ0v) is 24.0. The fraction of sp³-hybridized carbons (Fsp3) is 0.111. The number of nitrogens with one attached hydrogen (secondary N) is 1. The molecule has 188 valence electrons. The molecule has 4 amide bonds. The Morgan fingerprint density at radius 1 is 0.973 bits per heavy atom. The third-order valence-electron chi connectivity index (χ3n) is 5.48. The van der Waals surface area contributed by atoms with Crippen molar-refractivity contribution in [1.29, 1.82) is 0 Å². The fourth-order valence-electron chi connectivity index (χ4n) is 3.84. The zero-order valence-electron chi connectivity index (χ0n) is 19.7. The molecule has 3 aromatic rings. The Morgan fingerprint density at radius 2 is 1.57 bits per heavy atom. The molecule has 8 nitrogen and oxygen atoms in total. The molecule has 0 atom stereocenters. The molecule has 2 N–H and O–H groups in total. The van der Waals surface area contributed by atoms with Gasteiger partial charge in [-0.05, 0) is 124 Å². The monoisotopic (exact) mass is 722 g/mol. The highest BCUT2D eigenvalue weighted by molar-refractivity contribution is 14.1. The van der Waals surface area contributed by atoms with Gasteiger partial charge >= 0.3 is 12.0 Å². The highest BCUT2D eigenvalue weighted by atomic mass is 127. The van der Waals surface area contributed by atoms with Crippen LogP contribution in [0.3, 0.4) is 0 Å². The molecule has 0 aliphatic carbocycles. The second-order valence-corrected chi connectivity index (χ2v) is 10.7. The van der Waals surface area contributed by atoms with E-state index in [9.17, 15) is 19.2 Å². The molecule has 0 aromatic heterocycles. The number of carbonyl (C=O) groups excluding carboxylic acids is 3. The number of ether oxygens (including phenoxy) is 1. The molecular formula is C27H20I2N2O6. The van der Waals surface area contributed by atoms with Crippen LogP contribution in [0.2, 0.25) is 0 Å². The van der Waals surface area contributed by atoms with Crippen LogP contribution in [-0.2, 0) is 16.2 Å². The molecule has 1 saturated heterocycles. The average Bonchev–Trinajstić information content (AvgIpc) is 2.81. The van der Waals surface area contributed by atoms with E-state index >= 15 is 0 Å². The van der Waals surface area contributed by atoms with Gasteiger partial charge in [0.2, 0.25) is 0 Å². The highest BCUT2D eigenvalue weighted by Crippen LogP contribution is 2.31. The van der Waals surface area contributed by atoms with E-state index in [1.54, 1.807) is 36.4 Å². The third-order valence-corrected chi connectivity index (χ3v) is 7.08. The van der Waals surface area contributed by atoms with E-state index in [4.69, 9.17) is 9.84 Å². The van der Waals surface area contributed by atoms with Crippen LogP contribution < -0.4 is 15.0 Å². The van der Waals surface area contributed by atoms with E-state index in [-0.39, 0.29) is 17.7 Å². The summed E-state index contributed by atoms with van der Waals surface area (Å²) in [4.78, 5) is 50.3. The summed E-state index contributed by atoms with van der Waals surface area (Å²) in [6, 6.07) is 14.5. The lowest BCUT2D eigenvalue weighted by molar-refractivity contribution is -0.122. The van der Waals surface area contributed by atoms with E-state index < -0.39 is 23.8 Å². The summed E-state index contributed by atoms with van der Waals surface area (Å²) >= 11 is 4.22. The molecule has 0 unspecified atom stereocenters. The Bertz CT molecular complexity index is 1440. The Hall–Kier alpha value is -3.26. The number of barbiturate groups is 1. The Labute approximate surface area is 240 Å². The van der Waals surface area contributed by atoms with Gasteiger partial charge in [-0.25, -0.2) is 14.5 Å². The fourth-order valence-corrected chi connectivity index (χ4v) is 5.97. The molecule has 1 aliphatic rings.